The van der Waals surface area contributed by atoms with Crippen LogP contribution in [-0.2, 0) is 6.54 Å². The molecular weight excluding hydrogens is 350 g/mol. The van der Waals surface area contributed by atoms with Gasteiger partial charge in [-0.3, -0.25) is 9.36 Å². The van der Waals surface area contributed by atoms with Crippen molar-refractivity contribution < 1.29 is 0 Å². The molecule has 0 aliphatic heterocycles. The van der Waals surface area contributed by atoms with Crippen molar-refractivity contribution >= 4 is 5.52 Å². The molecule has 0 atom stereocenters. The molecule has 6 heteroatoms. The third-order valence-corrected chi connectivity index (χ3v) is 5.24. The molecule has 0 spiro atoms. The Labute approximate surface area is 164 Å². The molecule has 1 aromatic carbocycles. The van der Waals surface area contributed by atoms with Crippen LogP contribution in [0, 0.1) is 13.8 Å². The third kappa shape index (κ3) is 2.76. The van der Waals surface area contributed by atoms with Gasteiger partial charge in [-0.25, -0.2) is 9.20 Å². The summed E-state index contributed by atoms with van der Waals surface area (Å²) in [5.41, 5.74) is 5.72. The van der Waals surface area contributed by atoms with Crippen molar-refractivity contribution in [2.45, 2.75) is 47.1 Å². The molecule has 0 N–H and O–H groups in total. The van der Waals surface area contributed by atoms with Gasteiger partial charge in [0.2, 0.25) is 0 Å². The lowest BCUT2D eigenvalue weighted by Crippen LogP contribution is -2.26. The van der Waals surface area contributed by atoms with Crippen LogP contribution in [0.4, 0.5) is 0 Å². The fourth-order valence-electron chi connectivity index (χ4n) is 3.76. The minimum absolute atomic E-state index is 0.0138. The van der Waals surface area contributed by atoms with Crippen molar-refractivity contribution in [3.8, 4) is 17.1 Å². The summed E-state index contributed by atoms with van der Waals surface area (Å²) in [7, 11) is 0. The number of rotatable bonds is 4. The van der Waals surface area contributed by atoms with Crippen molar-refractivity contribution in [1.29, 1.82) is 0 Å². The van der Waals surface area contributed by atoms with Gasteiger partial charge in [0.1, 0.15) is 5.52 Å². The van der Waals surface area contributed by atoms with Gasteiger partial charge >= 0.3 is 0 Å². The molecule has 0 aliphatic rings. The van der Waals surface area contributed by atoms with E-state index in [0.29, 0.717) is 17.9 Å². The van der Waals surface area contributed by atoms with E-state index in [2.05, 4.69) is 31.1 Å². The summed E-state index contributed by atoms with van der Waals surface area (Å²) in [6.45, 7) is 10.8. The van der Waals surface area contributed by atoms with E-state index < -0.39 is 0 Å². The zero-order valence-electron chi connectivity index (χ0n) is 17.0. The minimum atomic E-state index is 0.0138. The number of aryl methyl sites for hydroxylation is 2. The first-order valence-electron chi connectivity index (χ1n) is 9.66. The normalized spacial score (nSPS) is 11.6. The van der Waals surface area contributed by atoms with Gasteiger partial charge in [0.25, 0.3) is 5.56 Å². The Bertz CT molecular complexity index is 1210. The van der Waals surface area contributed by atoms with Crippen LogP contribution in [0.1, 0.15) is 43.5 Å². The molecule has 0 unspecified atom stereocenters. The number of aromatic nitrogens is 5. The molecule has 0 fully saturated rings. The van der Waals surface area contributed by atoms with Crippen LogP contribution in [0.2, 0.25) is 0 Å². The van der Waals surface area contributed by atoms with E-state index >= 15 is 0 Å². The van der Waals surface area contributed by atoms with E-state index in [9.17, 15) is 4.79 Å². The second-order valence-corrected chi connectivity index (χ2v) is 7.48. The SMILES string of the molecule is CCn1c(-c2ccc(-n3cccn3)cc2C)nn2c(C)cc(C(C)C)c2c1=O. The van der Waals surface area contributed by atoms with Gasteiger partial charge in [-0.05, 0) is 68.1 Å². The smallest absolute Gasteiger partial charge is 0.278 e. The fraction of sp³-hybridized carbons (Fsp3) is 0.318. The lowest BCUT2D eigenvalue weighted by Gasteiger charge is -2.15. The maximum Gasteiger partial charge on any atom is 0.278 e. The highest BCUT2D eigenvalue weighted by Gasteiger charge is 2.19. The zero-order chi connectivity index (χ0) is 20.0. The van der Waals surface area contributed by atoms with Gasteiger partial charge in [-0.1, -0.05) is 13.8 Å². The third-order valence-electron chi connectivity index (χ3n) is 5.24. The monoisotopic (exact) mass is 375 g/mol. The summed E-state index contributed by atoms with van der Waals surface area (Å²) in [5.74, 6) is 0.961. The van der Waals surface area contributed by atoms with Crippen molar-refractivity contribution in [2.24, 2.45) is 0 Å². The summed E-state index contributed by atoms with van der Waals surface area (Å²) in [4.78, 5) is 13.3. The summed E-state index contributed by atoms with van der Waals surface area (Å²) in [6, 6.07) is 10.1. The summed E-state index contributed by atoms with van der Waals surface area (Å²) in [6.07, 6.45) is 3.67. The van der Waals surface area contributed by atoms with Gasteiger partial charge in [-0.15, -0.1) is 5.10 Å². The number of nitrogens with zero attached hydrogens (tertiary/aromatic N) is 5. The topological polar surface area (TPSA) is 57.1 Å². The summed E-state index contributed by atoms with van der Waals surface area (Å²) in [5, 5.41) is 9.18. The van der Waals surface area contributed by atoms with Crippen molar-refractivity contribution in [3.63, 3.8) is 0 Å². The molecule has 3 aromatic heterocycles. The lowest BCUT2D eigenvalue weighted by molar-refractivity contribution is 0.686. The second-order valence-electron chi connectivity index (χ2n) is 7.48. The molecule has 0 radical (unpaired) electrons. The average molecular weight is 375 g/mol. The minimum Gasteiger partial charge on any atom is -0.290 e. The van der Waals surface area contributed by atoms with Crippen LogP contribution in [0.25, 0.3) is 22.6 Å². The van der Waals surface area contributed by atoms with Crippen LogP contribution in [0.3, 0.4) is 0 Å². The Balaban J connectivity index is 1.97. The number of fused-ring (bicyclic) bond motifs is 1. The first-order valence-corrected chi connectivity index (χ1v) is 9.66. The van der Waals surface area contributed by atoms with E-state index in [1.165, 1.54) is 0 Å². The number of hydrogen-bond acceptors (Lipinski definition) is 3. The van der Waals surface area contributed by atoms with E-state index in [1.54, 1.807) is 15.3 Å². The van der Waals surface area contributed by atoms with Crippen LogP contribution >= 0.6 is 0 Å². The summed E-state index contributed by atoms with van der Waals surface area (Å²) < 4.78 is 5.40. The van der Waals surface area contributed by atoms with Crippen molar-refractivity contribution in [2.75, 3.05) is 0 Å². The Kier molecular flexibility index (Phi) is 4.41. The van der Waals surface area contributed by atoms with E-state index in [4.69, 9.17) is 5.10 Å². The molecular formula is C22H25N5O. The zero-order valence-corrected chi connectivity index (χ0v) is 17.0. The van der Waals surface area contributed by atoms with Crippen LogP contribution in [0.15, 0.2) is 47.5 Å². The Hall–Kier alpha value is -3.15. The molecule has 0 amide bonds. The van der Waals surface area contributed by atoms with E-state index in [0.717, 1.165) is 28.1 Å². The molecule has 3 heterocycles. The van der Waals surface area contributed by atoms with Crippen LogP contribution in [0.5, 0.6) is 0 Å². The van der Waals surface area contributed by atoms with E-state index in [1.807, 2.05) is 49.8 Å². The lowest BCUT2D eigenvalue weighted by atomic mass is 10.0. The first-order chi connectivity index (χ1) is 13.4. The predicted octanol–water partition coefficient (Wildman–Crippen LogP) is 4.11. The molecule has 0 bridgehead atoms. The highest BCUT2D eigenvalue weighted by atomic mass is 16.1. The molecule has 28 heavy (non-hydrogen) atoms. The highest BCUT2D eigenvalue weighted by Crippen LogP contribution is 2.26. The second kappa shape index (κ2) is 6.78. The Morgan fingerprint density at radius 3 is 2.54 bits per heavy atom. The molecule has 0 aliphatic carbocycles. The summed E-state index contributed by atoms with van der Waals surface area (Å²) >= 11 is 0. The number of benzene rings is 1. The Morgan fingerprint density at radius 1 is 1.14 bits per heavy atom. The van der Waals surface area contributed by atoms with Gasteiger partial charge in [0.05, 0.1) is 5.69 Å². The van der Waals surface area contributed by atoms with Crippen molar-refractivity contribution in [1.82, 2.24) is 24.0 Å². The maximum absolute atomic E-state index is 13.3. The van der Waals surface area contributed by atoms with Crippen LogP contribution in [-0.4, -0.2) is 24.0 Å². The molecule has 0 saturated heterocycles. The van der Waals surface area contributed by atoms with Crippen molar-refractivity contribution in [3.05, 3.63) is 69.9 Å². The maximum atomic E-state index is 13.3. The van der Waals surface area contributed by atoms with Crippen LogP contribution < -0.4 is 5.56 Å². The number of hydrogen-bond donors (Lipinski definition) is 0. The van der Waals surface area contributed by atoms with Gasteiger partial charge in [-0.2, -0.15) is 5.10 Å². The fourth-order valence-corrected chi connectivity index (χ4v) is 3.76. The standard InChI is InChI=1S/C22H25N5O/c1-6-25-21(18-9-8-17(12-15(18)4)26-11-7-10-23-26)24-27-16(5)13-19(14(2)3)20(27)22(25)28/h7-14H,6H2,1-5H3. The quantitative estimate of drug-likeness (QED) is 0.539. The Morgan fingerprint density at radius 2 is 1.93 bits per heavy atom. The van der Waals surface area contributed by atoms with E-state index in [-0.39, 0.29) is 11.5 Å². The van der Waals surface area contributed by atoms with Gasteiger partial charge < -0.3 is 0 Å². The largest absolute Gasteiger partial charge is 0.290 e. The first kappa shape index (κ1) is 18.2. The highest BCUT2D eigenvalue weighted by molar-refractivity contribution is 5.65. The molecule has 4 rings (SSSR count). The predicted molar refractivity (Wildman–Crippen MR) is 111 cm³/mol. The molecule has 6 nitrogen and oxygen atoms in total. The van der Waals surface area contributed by atoms with Gasteiger partial charge in [0, 0.05) is 30.2 Å². The molecule has 0 saturated carbocycles. The van der Waals surface area contributed by atoms with Gasteiger partial charge in [0.15, 0.2) is 5.82 Å². The molecule has 144 valence electrons. The average Bonchev–Trinajstić information content (AvgIpc) is 3.30. The molecule has 4 aromatic rings.